The molecule has 0 saturated carbocycles. The Bertz CT molecular complexity index is 1120. The van der Waals surface area contributed by atoms with E-state index in [0.29, 0.717) is 53.6 Å². The highest BCUT2D eigenvalue weighted by Crippen LogP contribution is 2.38. The standard InChI is InChI=1S/C21H19ClN2O5/c22-13-3-4-15-14(12-13)19(25)17-18(16-2-1-9-28-16)24(21(26)20(17)29-15)6-5-23-7-10-27-11-8-23/h1-4,9,12,18H,5-8,10-11H2/t18-/m1/s1. The summed E-state index contributed by atoms with van der Waals surface area (Å²) >= 11 is 6.08. The van der Waals surface area contributed by atoms with Crippen molar-refractivity contribution in [3.8, 4) is 0 Å². The number of morpholine rings is 1. The molecule has 1 amide bonds. The number of furan rings is 1. The molecule has 0 spiro atoms. The van der Waals surface area contributed by atoms with E-state index in [-0.39, 0.29) is 17.1 Å². The molecule has 29 heavy (non-hydrogen) atoms. The number of carbonyl (C=O) groups is 1. The van der Waals surface area contributed by atoms with Crippen LogP contribution in [0.1, 0.15) is 27.9 Å². The fourth-order valence-electron chi connectivity index (χ4n) is 4.04. The Balaban J connectivity index is 1.58. The number of fused-ring (bicyclic) bond motifs is 2. The van der Waals surface area contributed by atoms with E-state index in [2.05, 4.69) is 4.90 Å². The summed E-state index contributed by atoms with van der Waals surface area (Å²) < 4.78 is 16.9. The summed E-state index contributed by atoms with van der Waals surface area (Å²) in [5.41, 5.74) is 0.397. The first-order chi connectivity index (χ1) is 14.1. The van der Waals surface area contributed by atoms with Gasteiger partial charge in [-0.05, 0) is 30.3 Å². The smallest absolute Gasteiger partial charge is 0.291 e. The quantitative estimate of drug-likeness (QED) is 0.653. The molecular formula is C21H19ClN2O5. The Labute approximate surface area is 171 Å². The van der Waals surface area contributed by atoms with E-state index >= 15 is 0 Å². The van der Waals surface area contributed by atoms with Gasteiger partial charge in [-0.3, -0.25) is 14.5 Å². The second kappa shape index (κ2) is 7.33. The molecule has 3 aromatic rings. The van der Waals surface area contributed by atoms with Crippen LogP contribution in [0.4, 0.5) is 0 Å². The largest absolute Gasteiger partial charge is 0.467 e. The first-order valence-corrected chi connectivity index (χ1v) is 9.92. The number of nitrogens with zero attached hydrogens (tertiary/aromatic N) is 2. The van der Waals surface area contributed by atoms with Crippen molar-refractivity contribution in [2.75, 3.05) is 39.4 Å². The molecule has 0 aliphatic carbocycles. The lowest BCUT2D eigenvalue weighted by molar-refractivity contribution is 0.0310. The van der Waals surface area contributed by atoms with Gasteiger partial charge in [0.1, 0.15) is 17.4 Å². The molecule has 2 aliphatic rings. The van der Waals surface area contributed by atoms with Crippen molar-refractivity contribution in [3.63, 3.8) is 0 Å². The van der Waals surface area contributed by atoms with Gasteiger partial charge in [0.15, 0.2) is 5.43 Å². The molecule has 1 saturated heterocycles. The highest BCUT2D eigenvalue weighted by atomic mass is 35.5. The molecule has 0 unspecified atom stereocenters. The molecule has 0 N–H and O–H groups in total. The van der Waals surface area contributed by atoms with Gasteiger partial charge in [-0.25, -0.2) is 0 Å². The number of rotatable bonds is 4. The fraction of sp³-hybridized carbons (Fsp3) is 0.333. The van der Waals surface area contributed by atoms with Crippen LogP contribution >= 0.6 is 11.6 Å². The van der Waals surface area contributed by atoms with E-state index in [1.807, 2.05) is 0 Å². The second-order valence-electron chi connectivity index (χ2n) is 7.18. The van der Waals surface area contributed by atoms with E-state index in [0.717, 1.165) is 13.1 Å². The fourth-order valence-corrected chi connectivity index (χ4v) is 4.21. The van der Waals surface area contributed by atoms with Crippen molar-refractivity contribution >= 4 is 28.5 Å². The highest BCUT2D eigenvalue weighted by Gasteiger charge is 2.44. The number of benzene rings is 1. The molecule has 2 aliphatic heterocycles. The molecule has 5 rings (SSSR count). The van der Waals surface area contributed by atoms with Crippen molar-refractivity contribution in [1.82, 2.24) is 9.80 Å². The van der Waals surface area contributed by atoms with Crippen molar-refractivity contribution in [2.24, 2.45) is 0 Å². The lowest BCUT2D eigenvalue weighted by atomic mass is 10.0. The lowest BCUT2D eigenvalue weighted by Crippen LogP contribution is -2.42. The molecule has 2 aromatic heterocycles. The number of halogens is 1. The van der Waals surface area contributed by atoms with Gasteiger partial charge < -0.3 is 18.5 Å². The molecular weight excluding hydrogens is 396 g/mol. The molecule has 0 radical (unpaired) electrons. The summed E-state index contributed by atoms with van der Waals surface area (Å²) in [5.74, 6) is 0.310. The van der Waals surface area contributed by atoms with Gasteiger partial charge in [-0.1, -0.05) is 11.6 Å². The predicted octanol–water partition coefficient (Wildman–Crippen LogP) is 2.92. The third-order valence-electron chi connectivity index (χ3n) is 5.50. The first kappa shape index (κ1) is 18.4. The maximum Gasteiger partial charge on any atom is 0.291 e. The topological polar surface area (TPSA) is 76.1 Å². The van der Waals surface area contributed by atoms with E-state index in [1.165, 1.54) is 6.26 Å². The summed E-state index contributed by atoms with van der Waals surface area (Å²) in [6, 6.07) is 7.73. The Kier molecular flexibility index (Phi) is 4.66. The molecule has 0 bridgehead atoms. The molecule has 7 nitrogen and oxygen atoms in total. The van der Waals surface area contributed by atoms with Crippen molar-refractivity contribution in [3.05, 3.63) is 68.9 Å². The van der Waals surface area contributed by atoms with Gasteiger partial charge in [0.05, 0.1) is 30.4 Å². The Morgan fingerprint density at radius 1 is 1.10 bits per heavy atom. The SMILES string of the molecule is O=C1c2oc3ccc(Cl)cc3c(=O)c2[C@@H](c2ccco2)N1CCN1CCOCC1. The lowest BCUT2D eigenvalue weighted by Gasteiger charge is -2.30. The molecule has 150 valence electrons. The summed E-state index contributed by atoms with van der Waals surface area (Å²) in [7, 11) is 0. The van der Waals surface area contributed by atoms with Crippen LogP contribution in [-0.2, 0) is 4.74 Å². The van der Waals surface area contributed by atoms with E-state index in [4.69, 9.17) is 25.2 Å². The summed E-state index contributed by atoms with van der Waals surface area (Å²) in [6.07, 6.45) is 1.54. The summed E-state index contributed by atoms with van der Waals surface area (Å²) in [5, 5.41) is 0.795. The average Bonchev–Trinajstić information content (AvgIpc) is 3.35. The Hall–Kier alpha value is -2.61. The van der Waals surface area contributed by atoms with Crippen molar-refractivity contribution in [2.45, 2.75) is 6.04 Å². The third-order valence-corrected chi connectivity index (χ3v) is 5.74. The normalized spacial score (nSPS) is 19.8. The Morgan fingerprint density at radius 2 is 1.93 bits per heavy atom. The van der Waals surface area contributed by atoms with Crippen molar-refractivity contribution < 1.29 is 18.4 Å². The zero-order valence-electron chi connectivity index (χ0n) is 15.6. The van der Waals surface area contributed by atoms with E-state index < -0.39 is 6.04 Å². The van der Waals surface area contributed by atoms with Gasteiger partial charge in [0.25, 0.3) is 5.91 Å². The minimum absolute atomic E-state index is 0.0770. The van der Waals surface area contributed by atoms with Gasteiger partial charge in [-0.15, -0.1) is 0 Å². The van der Waals surface area contributed by atoms with Crippen LogP contribution in [0.3, 0.4) is 0 Å². The molecule has 8 heteroatoms. The van der Waals surface area contributed by atoms with Crippen LogP contribution in [0.15, 0.2) is 50.2 Å². The predicted molar refractivity (Wildman–Crippen MR) is 106 cm³/mol. The minimum Gasteiger partial charge on any atom is -0.467 e. The number of carbonyl (C=O) groups excluding carboxylic acids is 1. The van der Waals surface area contributed by atoms with Crippen molar-refractivity contribution in [1.29, 1.82) is 0 Å². The van der Waals surface area contributed by atoms with Crippen LogP contribution in [0.25, 0.3) is 11.0 Å². The number of hydrogen-bond acceptors (Lipinski definition) is 6. The molecule has 1 atom stereocenters. The monoisotopic (exact) mass is 414 g/mol. The van der Waals surface area contributed by atoms with Gasteiger partial charge >= 0.3 is 0 Å². The van der Waals surface area contributed by atoms with Gasteiger partial charge in [0, 0.05) is 31.2 Å². The number of hydrogen-bond donors (Lipinski definition) is 0. The zero-order chi connectivity index (χ0) is 20.0. The van der Waals surface area contributed by atoms with E-state index in [9.17, 15) is 9.59 Å². The maximum absolute atomic E-state index is 13.3. The molecule has 1 fully saturated rings. The number of ether oxygens (including phenoxy) is 1. The van der Waals surface area contributed by atoms with Gasteiger partial charge in [0.2, 0.25) is 5.76 Å². The van der Waals surface area contributed by atoms with Gasteiger partial charge in [-0.2, -0.15) is 0 Å². The van der Waals surface area contributed by atoms with Crippen LogP contribution in [0, 0.1) is 0 Å². The van der Waals surface area contributed by atoms with Crippen LogP contribution in [0.5, 0.6) is 0 Å². The average molecular weight is 415 g/mol. The summed E-state index contributed by atoms with van der Waals surface area (Å²) in [6.45, 7) is 4.13. The maximum atomic E-state index is 13.3. The minimum atomic E-state index is -0.617. The zero-order valence-corrected chi connectivity index (χ0v) is 16.4. The second-order valence-corrected chi connectivity index (χ2v) is 7.62. The number of amides is 1. The molecule has 4 heterocycles. The highest BCUT2D eigenvalue weighted by molar-refractivity contribution is 6.31. The summed E-state index contributed by atoms with van der Waals surface area (Å²) in [4.78, 5) is 30.4. The Morgan fingerprint density at radius 3 is 2.69 bits per heavy atom. The van der Waals surface area contributed by atoms with Crippen LogP contribution in [-0.4, -0.2) is 55.1 Å². The van der Waals surface area contributed by atoms with Crippen LogP contribution < -0.4 is 5.43 Å². The molecule has 1 aromatic carbocycles. The van der Waals surface area contributed by atoms with E-state index in [1.54, 1.807) is 35.2 Å². The third kappa shape index (κ3) is 3.15. The first-order valence-electron chi connectivity index (χ1n) is 9.54. The van der Waals surface area contributed by atoms with Crippen LogP contribution in [0.2, 0.25) is 5.02 Å².